The minimum absolute atomic E-state index is 0.0444. The Labute approximate surface area is 133 Å². The van der Waals surface area contributed by atoms with Gasteiger partial charge in [0.1, 0.15) is 12.4 Å². The van der Waals surface area contributed by atoms with Gasteiger partial charge < -0.3 is 15.8 Å². The fraction of sp³-hybridized carbons (Fsp3) is 0.294. The number of rotatable bonds is 4. The molecule has 1 aromatic heterocycles. The lowest BCUT2D eigenvalue weighted by molar-refractivity contribution is -0.117. The van der Waals surface area contributed by atoms with Crippen molar-refractivity contribution in [2.24, 2.45) is 5.73 Å². The number of hydrogen-bond donors (Lipinski definition) is 2. The minimum Gasteiger partial charge on any atom is -0.474 e. The van der Waals surface area contributed by atoms with Gasteiger partial charge >= 0.3 is 0 Å². The van der Waals surface area contributed by atoms with Crippen LogP contribution in [0.5, 0.6) is 5.88 Å². The molecule has 120 valence electrons. The normalized spacial score (nSPS) is 16.2. The van der Waals surface area contributed by atoms with E-state index in [4.69, 9.17) is 10.5 Å². The first-order valence-electron chi connectivity index (χ1n) is 7.46. The Morgan fingerprint density at radius 1 is 1.43 bits per heavy atom. The molecule has 1 atom stereocenters. The van der Waals surface area contributed by atoms with Crippen LogP contribution in [0, 0.1) is 5.82 Å². The molecular weight excluding hydrogens is 297 g/mol. The number of nitrogens with one attached hydrogen (secondary N) is 1. The molecule has 1 aliphatic rings. The number of aromatic nitrogens is 1. The average molecular weight is 315 g/mol. The number of halogens is 1. The Kier molecular flexibility index (Phi) is 4.14. The number of carbonyl (C=O) groups is 1. The standard InChI is InChI=1S/C17H18FN3O2/c1-10-9-23-17-15(20-10)7-12(14(21-17)8-16(19)22)6-11-2-4-13(18)5-3-11/h2-5,7,10,20H,6,8-9H2,1H3,(H2,19,22). The lowest BCUT2D eigenvalue weighted by Crippen LogP contribution is -2.29. The topological polar surface area (TPSA) is 77.2 Å². The van der Waals surface area contributed by atoms with Gasteiger partial charge in [0.25, 0.3) is 0 Å². The van der Waals surface area contributed by atoms with Crippen LogP contribution in [-0.4, -0.2) is 23.5 Å². The second kappa shape index (κ2) is 6.24. The Balaban J connectivity index is 1.96. The van der Waals surface area contributed by atoms with Gasteiger partial charge in [0, 0.05) is 0 Å². The highest BCUT2D eigenvalue weighted by Crippen LogP contribution is 2.30. The summed E-state index contributed by atoms with van der Waals surface area (Å²) in [4.78, 5) is 15.8. The summed E-state index contributed by atoms with van der Waals surface area (Å²) in [5.74, 6) is -0.240. The number of fused-ring (bicyclic) bond motifs is 1. The van der Waals surface area contributed by atoms with Crippen molar-refractivity contribution in [3.8, 4) is 5.88 Å². The number of hydrogen-bond acceptors (Lipinski definition) is 4. The van der Waals surface area contributed by atoms with E-state index in [1.807, 2.05) is 13.0 Å². The highest BCUT2D eigenvalue weighted by molar-refractivity contribution is 5.77. The molecule has 0 radical (unpaired) electrons. The Morgan fingerprint density at radius 3 is 2.87 bits per heavy atom. The molecule has 1 amide bonds. The monoisotopic (exact) mass is 315 g/mol. The maximum absolute atomic E-state index is 13.0. The van der Waals surface area contributed by atoms with E-state index in [-0.39, 0.29) is 18.3 Å². The molecule has 0 saturated carbocycles. The zero-order valence-corrected chi connectivity index (χ0v) is 12.8. The van der Waals surface area contributed by atoms with Gasteiger partial charge in [-0.25, -0.2) is 9.37 Å². The predicted molar refractivity (Wildman–Crippen MR) is 84.9 cm³/mol. The maximum atomic E-state index is 13.0. The zero-order valence-electron chi connectivity index (χ0n) is 12.8. The first-order valence-corrected chi connectivity index (χ1v) is 7.46. The van der Waals surface area contributed by atoms with Crippen LogP contribution in [0.2, 0.25) is 0 Å². The minimum atomic E-state index is -0.449. The van der Waals surface area contributed by atoms with Gasteiger partial charge in [-0.2, -0.15) is 0 Å². The van der Waals surface area contributed by atoms with E-state index >= 15 is 0 Å². The number of nitrogens with zero attached hydrogens (tertiary/aromatic N) is 1. The highest BCUT2D eigenvalue weighted by atomic mass is 19.1. The fourth-order valence-electron chi connectivity index (χ4n) is 2.59. The molecule has 2 aromatic rings. The third kappa shape index (κ3) is 3.59. The van der Waals surface area contributed by atoms with E-state index < -0.39 is 5.91 Å². The number of ether oxygens (including phenoxy) is 1. The average Bonchev–Trinajstić information content (AvgIpc) is 2.50. The molecule has 0 saturated heterocycles. The lowest BCUT2D eigenvalue weighted by atomic mass is 10.0. The molecule has 5 nitrogen and oxygen atoms in total. The van der Waals surface area contributed by atoms with Gasteiger partial charge in [-0.05, 0) is 42.7 Å². The van der Waals surface area contributed by atoms with Gasteiger partial charge in [0.05, 0.1) is 23.8 Å². The van der Waals surface area contributed by atoms with Crippen LogP contribution in [-0.2, 0) is 17.6 Å². The summed E-state index contributed by atoms with van der Waals surface area (Å²) in [6, 6.07) is 8.38. The van der Waals surface area contributed by atoms with Crippen molar-refractivity contribution in [1.29, 1.82) is 0 Å². The number of amides is 1. The second-order valence-corrected chi connectivity index (χ2v) is 5.75. The second-order valence-electron chi connectivity index (χ2n) is 5.75. The third-order valence-electron chi connectivity index (χ3n) is 3.68. The van der Waals surface area contributed by atoms with Crippen LogP contribution >= 0.6 is 0 Å². The molecule has 0 aliphatic carbocycles. The van der Waals surface area contributed by atoms with Crippen LogP contribution in [0.3, 0.4) is 0 Å². The molecule has 23 heavy (non-hydrogen) atoms. The van der Waals surface area contributed by atoms with Crippen LogP contribution in [0.1, 0.15) is 23.7 Å². The molecule has 2 heterocycles. The summed E-state index contributed by atoms with van der Waals surface area (Å²) >= 11 is 0. The van der Waals surface area contributed by atoms with Crippen molar-refractivity contribution < 1.29 is 13.9 Å². The highest BCUT2D eigenvalue weighted by Gasteiger charge is 2.20. The van der Waals surface area contributed by atoms with Crippen LogP contribution in [0.25, 0.3) is 0 Å². The largest absolute Gasteiger partial charge is 0.474 e. The number of carbonyl (C=O) groups excluding carboxylic acids is 1. The maximum Gasteiger partial charge on any atom is 0.237 e. The number of benzene rings is 1. The molecule has 1 unspecified atom stereocenters. The van der Waals surface area contributed by atoms with Gasteiger partial charge in [0.2, 0.25) is 11.8 Å². The molecular formula is C17H18FN3O2. The lowest BCUT2D eigenvalue weighted by Gasteiger charge is -2.25. The van der Waals surface area contributed by atoms with E-state index in [2.05, 4.69) is 10.3 Å². The van der Waals surface area contributed by atoms with Crippen LogP contribution in [0.4, 0.5) is 10.1 Å². The van der Waals surface area contributed by atoms with Crippen LogP contribution < -0.4 is 15.8 Å². The van der Waals surface area contributed by atoms with E-state index in [1.165, 1.54) is 12.1 Å². The van der Waals surface area contributed by atoms with Crippen molar-refractivity contribution in [3.63, 3.8) is 0 Å². The summed E-state index contributed by atoms with van der Waals surface area (Å²) in [6.45, 7) is 2.53. The molecule has 1 aromatic carbocycles. The third-order valence-corrected chi connectivity index (χ3v) is 3.68. The summed E-state index contributed by atoms with van der Waals surface area (Å²) in [7, 11) is 0. The SMILES string of the molecule is CC1COc2nc(CC(N)=O)c(Cc3ccc(F)cc3)cc2N1. The van der Waals surface area contributed by atoms with Gasteiger partial charge in [-0.3, -0.25) is 4.79 Å². The molecule has 1 aliphatic heterocycles. The molecule has 0 spiro atoms. The quantitative estimate of drug-likeness (QED) is 0.905. The number of nitrogens with two attached hydrogens (primary N) is 1. The van der Waals surface area contributed by atoms with Crippen molar-refractivity contribution >= 4 is 11.6 Å². The van der Waals surface area contributed by atoms with Crippen molar-refractivity contribution in [2.45, 2.75) is 25.8 Å². The van der Waals surface area contributed by atoms with Crippen molar-refractivity contribution in [1.82, 2.24) is 4.98 Å². The van der Waals surface area contributed by atoms with Crippen LogP contribution in [0.15, 0.2) is 30.3 Å². The van der Waals surface area contributed by atoms with Gasteiger partial charge in [0.15, 0.2) is 0 Å². The Morgan fingerprint density at radius 2 is 2.17 bits per heavy atom. The zero-order chi connectivity index (χ0) is 16.4. The predicted octanol–water partition coefficient (Wildman–Crippen LogP) is 2.03. The Bertz CT molecular complexity index is 731. The smallest absolute Gasteiger partial charge is 0.237 e. The number of pyridine rings is 1. The van der Waals surface area contributed by atoms with Gasteiger partial charge in [-0.1, -0.05) is 12.1 Å². The molecule has 6 heteroatoms. The number of primary amides is 1. The van der Waals surface area contributed by atoms with Crippen molar-refractivity contribution in [3.05, 3.63) is 53.0 Å². The Hall–Kier alpha value is -2.63. The fourth-order valence-corrected chi connectivity index (χ4v) is 2.59. The molecule has 3 rings (SSSR count). The summed E-state index contributed by atoms with van der Waals surface area (Å²) in [5, 5.41) is 3.31. The van der Waals surface area contributed by atoms with E-state index in [0.29, 0.717) is 24.6 Å². The molecule has 3 N–H and O–H groups in total. The molecule has 0 bridgehead atoms. The summed E-state index contributed by atoms with van der Waals surface area (Å²) in [5.41, 5.74) is 8.52. The van der Waals surface area contributed by atoms with E-state index in [1.54, 1.807) is 12.1 Å². The first kappa shape index (κ1) is 15.3. The summed E-state index contributed by atoms with van der Waals surface area (Å²) in [6.07, 6.45) is 0.585. The van der Waals surface area contributed by atoms with Gasteiger partial charge in [-0.15, -0.1) is 0 Å². The summed E-state index contributed by atoms with van der Waals surface area (Å²) < 4.78 is 18.6. The van der Waals surface area contributed by atoms with E-state index in [9.17, 15) is 9.18 Å². The number of anilines is 1. The van der Waals surface area contributed by atoms with Crippen molar-refractivity contribution in [2.75, 3.05) is 11.9 Å². The molecule has 0 fully saturated rings. The van der Waals surface area contributed by atoms with E-state index in [0.717, 1.165) is 16.8 Å². The first-order chi connectivity index (χ1) is 11.0.